The number of hydrogen-bond acceptors (Lipinski definition) is 7. The van der Waals surface area contributed by atoms with E-state index in [4.69, 9.17) is 5.73 Å². The highest BCUT2D eigenvalue weighted by atomic mass is 16.2. The van der Waals surface area contributed by atoms with E-state index < -0.39 is 5.54 Å². The van der Waals surface area contributed by atoms with Gasteiger partial charge in [0.15, 0.2) is 5.82 Å². The van der Waals surface area contributed by atoms with Crippen molar-refractivity contribution in [2.75, 3.05) is 22.9 Å². The Balaban J connectivity index is 1.85. The van der Waals surface area contributed by atoms with E-state index in [1.807, 2.05) is 6.92 Å². The van der Waals surface area contributed by atoms with Gasteiger partial charge in [0.25, 0.3) is 0 Å². The van der Waals surface area contributed by atoms with E-state index >= 15 is 0 Å². The maximum Gasteiger partial charge on any atom is 0.227 e. The van der Waals surface area contributed by atoms with Crippen LogP contribution in [-0.2, 0) is 9.59 Å². The lowest BCUT2D eigenvalue weighted by molar-refractivity contribution is -0.120. The predicted molar refractivity (Wildman–Crippen MR) is 123 cm³/mol. The minimum atomic E-state index is -0.424. The molecule has 0 aromatic carbocycles. The minimum Gasteiger partial charge on any atom is -0.368 e. The maximum atomic E-state index is 12.5. The van der Waals surface area contributed by atoms with Crippen LogP contribution in [0.1, 0.15) is 65.7 Å². The fourth-order valence-corrected chi connectivity index (χ4v) is 3.99. The molecule has 3 rings (SSSR count). The van der Waals surface area contributed by atoms with Crippen molar-refractivity contribution >= 4 is 40.3 Å². The Morgan fingerprint density at radius 2 is 2.00 bits per heavy atom. The number of unbranched alkanes of at least 4 members (excludes halogenated alkanes) is 1. The van der Waals surface area contributed by atoms with E-state index in [1.165, 1.54) is 6.92 Å². The molecule has 1 fully saturated rings. The second kappa shape index (κ2) is 9.89. The molecule has 9 heteroatoms. The van der Waals surface area contributed by atoms with Crippen molar-refractivity contribution in [3.63, 3.8) is 0 Å². The van der Waals surface area contributed by atoms with Gasteiger partial charge in [-0.1, -0.05) is 32.6 Å². The van der Waals surface area contributed by atoms with Crippen LogP contribution >= 0.6 is 0 Å². The molecule has 1 atom stereocenters. The van der Waals surface area contributed by atoms with Gasteiger partial charge in [0, 0.05) is 19.4 Å². The number of rotatable bonds is 9. The van der Waals surface area contributed by atoms with Gasteiger partial charge in [-0.15, -0.1) is 0 Å². The lowest BCUT2D eigenvalue weighted by Gasteiger charge is -2.32. The van der Waals surface area contributed by atoms with Gasteiger partial charge in [0.2, 0.25) is 17.8 Å². The van der Waals surface area contributed by atoms with Gasteiger partial charge in [-0.05, 0) is 32.3 Å². The number of pyridine rings is 1. The molecule has 0 radical (unpaired) electrons. The van der Waals surface area contributed by atoms with Crippen LogP contribution in [0.3, 0.4) is 0 Å². The first-order valence-corrected chi connectivity index (χ1v) is 11.1. The number of amides is 2. The van der Waals surface area contributed by atoms with Gasteiger partial charge >= 0.3 is 0 Å². The second-order valence-corrected chi connectivity index (χ2v) is 8.69. The first-order chi connectivity index (χ1) is 14.8. The van der Waals surface area contributed by atoms with Crippen LogP contribution in [-0.4, -0.2) is 38.8 Å². The summed E-state index contributed by atoms with van der Waals surface area (Å²) in [6.45, 7) is 6.11. The summed E-state index contributed by atoms with van der Waals surface area (Å²) in [6.07, 6.45) is 8.55. The summed E-state index contributed by atoms with van der Waals surface area (Å²) < 4.78 is 0. The van der Waals surface area contributed by atoms with Crippen LogP contribution < -0.4 is 21.7 Å². The quantitative estimate of drug-likeness (QED) is 0.482. The third kappa shape index (κ3) is 6.02. The van der Waals surface area contributed by atoms with Crippen molar-refractivity contribution in [2.24, 2.45) is 5.92 Å². The number of nitrogens with two attached hydrogens (primary N) is 1. The summed E-state index contributed by atoms with van der Waals surface area (Å²) in [5, 5.41) is 9.28. The fourth-order valence-electron chi connectivity index (χ4n) is 3.99. The van der Waals surface area contributed by atoms with Gasteiger partial charge in [-0.3, -0.25) is 9.59 Å². The summed E-state index contributed by atoms with van der Waals surface area (Å²) in [5.41, 5.74) is 7.26. The molecule has 0 aliphatic heterocycles. The average molecular weight is 428 g/mol. The second-order valence-electron chi connectivity index (χ2n) is 8.69. The van der Waals surface area contributed by atoms with E-state index in [9.17, 15) is 9.59 Å². The van der Waals surface area contributed by atoms with E-state index in [0.29, 0.717) is 29.1 Å². The minimum absolute atomic E-state index is 0.0291. The van der Waals surface area contributed by atoms with Crippen molar-refractivity contribution in [2.45, 2.75) is 71.3 Å². The Bertz CT molecular complexity index is 943. The third-order valence-electron chi connectivity index (χ3n) is 5.78. The van der Waals surface area contributed by atoms with Gasteiger partial charge in [0.1, 0.15) is 5.52 Å². The van der Waals surface area contributed by atoms with Crippen LogP contribution in [0, 0.1) is 5.92 Å². The highest BCUT2D eigenvalue weighted by Crippen LogP contribution is 2.28. The molecule has 1 saturated carbocycles. The van der Waals surface area contributed by atoms with Gasteiger partial charge < -0.3 is 21.7 Å². The Morgan fingerprint density at radius 3 is 2.68 bits per heavy atom. The summed E-state index contributed by atoms with van der Waals surface area (Å²) in [6, 6.07) is 1.77. The summed E-state index contributed by atoms with van der Waals surface area (Å²) in [4.78, 5) is 37.1. The van der Waals surface area contributed by atoms with Crippen molar-refractivity contribution in [1.82, 2.24) is 20.3 Å². The van der Waals surface area contributed by atoms with Crippen LogP contribution in [0.5, 0.6) is 0 Å². The lowest BCUT2D eigenvalue weighted by atomic mass is 9.94. The number of hydrogen-bond donors (Lipinski definition) is 4. The summed E-state index contributed by atoms with van der Waals surface area (Å²) >= 11 is 0. The third-order valence-corrected chi connectivity index (χ3v) is 5.78. The number of fused-ring (bicyclic) bond motifs is 1. The molecule has 9 nitrogen and oxygen atoms in total. The first kappa shape index (κ1) is 22.7. The van der Waals surface area contributed by atoms with Crippen molar-refractivity contribution < 1.29 is 9.59 Å². The molecule has 1 aliphatic rings. The number of nitrogens with zero attached hydrogens (tertiary/aromatic N) is 3. The lowest BCUT2D eigenvalue weighted by Crippen LogP contribution is -2.46. The predicted octanol–water partition coefficient (Wildman–Crippen LogP) is 3.23. The molecular weight excluding hydrogens is 394 g/mol. The monoisotopic (exact) mass is 427 g/mol. The zero-order valence-corrected chi connectivity index (χ0v) is 18.6. The van der Waals surface area contributed by atoms with Crippen LogP contribution in [0.25, 0.3) is 11.0 Å². The maximum absolute atomic E-state index is 12.5. The highest BCUT2D eigenvalue weighted by Gasteiger charge is 2.26. The van der Waals surface area contributed by atoms with Gasteiger partial charge in [-0.25, -0.2) is 9.97 Å². The van der Waals surface area contributed by atoms with E-state index in [2.05, 4.69) is 37.8 Å². The number of anilines is 3. The van der Waals surface area contributed by atoms with E-state index in [1.54, 1.807) is 12.3 Å². The standard InChI is InChI=1S/C22H33N7O2/c1-4-5-10-22(3,13-25-14(2)30)29-19-18-17(27-21(23)28-19)11-16(12-24-18)26-20(31)15-8-6-7-9-15/h11-12,15H,4-10,13H2,1-3H3,(H,25,30)(H,26,31)(H3,23,27,28,29)/t22-/m1/s1. The molecule has 0 unspecified atom stereocenters. The van der Waals surface area contributed by atoms with Crippen LogP contribution in [0.15, 0.2) is 12.3 Å². The molecule has 31 heavy (non-hydrogen) atoms. The SMILES string of the molecule is CCCC[C@](C)(CNC(C)=O)Nc1nc(N)nc2cc(NC(=O)C3CCCC3)cnc12. The fraction of sp³-hybridized carbons (Fsp3) is 0.591. The number of nitrogen functional groups attached to an aromatic ring is 1. The van der Waals surface area contributed by atoms with Crippen molar-refractivity contribution in [3.8, 4) is 0 Å². The van der Waals surface area contributed by atoms with E-state index in [0.717, 1.165) is 44.9 Å². The highest BCUT2D eigenvalue weighted by molar-refractivity contribution is 5.95. The molecule has 2 amide bonds. The molecule has 5 N–H and O–H groups in total. The molecule has 0 saturated heterocycles. The number of carbonyl (C=O) groups is 2. The van der Waals surface area contributed by atoms with Crippen LogP contribution in [0.4, 0.5) is 17.5 Å². The zero-order chi connectivity index (χ0) is 22.4. The topological polar surface area (TPSA) is 135 Å². The number of nitrogens with one attached hydrogen (secondary N) is 3. The van der Waals surface area contributed by atoms with Crippen LogP contribution in [0.2, 0.25) is 0 Å². The first-order valence-electron chi connectivity index (χ1n) is 11.1. The molecule has 168 valence electrons. The molecule has 2 aromatic rings. The Hall–Kier alpha value is -2.97. The normalized spacial score (nSPS) is 16.1. The van der Waals surface area contributed by atoms with Crippen molar-refractivity contribution in [1.29, 1.82) is 0 Å². The largest absolute Gasteiger partial charge is 0.368 e. The van der Waals surface area contributed by atoms with Crippen molar-refractivity contribution in [3.05, 3.63) is 12.3 Å². The average Bonchev–Trinajstić information content (AvgIpc) is 3.26. The Morgan fingerprint density at radius 1 is 1.26 bits per heavy atom. The molecule has 0 spiro atoms. The molecule has 2 heterocycles. The molecule has 2 aromatic heterocycles. The summed E-state index contributed by atoms with van der Waals surface area (Å²) in [7, 11) is 0. The van der Waals surface area contributed by atoms with E-state index in [-0.39, 0.29) is 23.7 Å². The Kier molecular flexibility index (Phi) is 7.25. The smallest absolute Gasteiger partial charge is 0.227 e. The van der Waals surface area contributed by atoms with Gasteiger partial charge in [-0.2, -0.15) is 4.98 Å². The Labute approximate surface area is 183 Å². The molecule has 0 bridgehead atoms. The number of carbonyl (C=O) groups excluding carboxylic acids is 2. The summed E-state index contributed by atoms with van der Waals surface area (Å²) in [5.74, 6) is 0.642. The molecular formula is C22H33N7O2. The zero-order valence-electron chi connectivity index (χ0n) is 18.6. The number of aromatic nitrogens is 3. The van der Waals surface area contributed by atoms with Gasteiger partial charge in [0.05, 0.1) is 22.9 Å². The molecule has 1 aliphatic carbocycles.